The van der Waals surface area contributed by atoms with Gasteiger partial charge in [0.2, 0.25) is 0 Å². The molecule has 0 saturated carbocycles. The van der Waals surface area contributed by atoms with Crippen LogP contribution in [0.2, 0.25) is 5.15 Å². The molecule has 0 aliphatic carbocycles. The predicted octanol–water partition coefficient (Wildman–Crippen LogP) is 3.23. The fourth-order valence-electron chi connectivity index (χ4n) is 1.04. The molecular formula is C8H9BrClN3O2. The standard InChI is InChI=1S/C8H9BrClN3O2/c1-4(2)11-7-5(13(14)15)3-6(9)12-8(7)10/h3-4,11H,1-2H3. The SMILES string of the molecule is CC(C)Nc1c([N+](=O)[O-])cc(Br)nc1Cl. The molecular weight excluding hydrogens is 285 g/mol. The molecule has 0 radical (unpaired) electrons. The fraction of sp³-hybridized carbons (Fsp3) is 0.375. The second-order valence-electron chi connectivity index (χ2n) is 3.19. The number of pyridine rings is 1. The molecule has 0 atom stereocenters. The maximum Gasteiger partial charge on any atom is 0.298 e. The molecule has 0 aromatic carbocycles. The van der Waals surface area contributed by atoms with Crippen LogP contribution >= 0.6 is 27.5 Å². The lowest BCUT2D eigenvalue weighted by atomic mass is 10.3. The van der Waals surface area contributed by atoms with Gasteiger partial charge in [-0.25, -0.2) is 4.98 Å². The topological polar surface area (TPSA) is 68.1 Å². The molecule has 0 unspecified atom stereocenters. The summed E-state index contributed by atoms with van der Waals surface area (Å²) in [5, 5.41) is 13.7. The van der Waals surface area contributed by atoms with Crippen molar-refractivity contribution in [2.45, 2.75) is 19.9 Å². The highest BCUT2D eigenvalue weighted by Gasteiger charge is 2.20. The minimum Gasteiger partial charge on any atom is -0.375 e. The van der Waals surface area contributed by atoms with Gasteiger partial charge in [-0.15, -0.1) is 0 Å². The van der Waals surface area contributed by atoms with Crippen LogP contribution in [0.25, 0.3) is 0 Å². The number of anilines is 1. The molecule has 1 aromatic heterocycles. The maximum absolute atomic E-state index is 10.8. The Kier molecular flexibility index (Phi) is 3.87. The van der Waals surface area contributed by atoms with E-state index in [2.05, 4.69) is 26.2 Å². The summed E-state index contributed by atoms with van der Waals surface area (Å²) in [5.41, 5.74) is 0.162. The first-order valence-corrected chi connectivity index (χ1v) is 5.36. The van der Waals surface area contributed by atoms with Crippen molar-refractivity contribution in [3.05, 3.63) is 25.9 Å². The highest BCUT2D eigenvalue weighted by atomic mass is 79.9. The number of hydrogen-bond donors (Lipinski definition) is 1. The third-order valence-electron chi connectivity index (χ3n) is 1.55. The lowest BCUT2D eigenvalue weighted by Gasteiger charge is -2.11. The summed E-state index contributed by atoms with van der Waals surface area (Å²) < 4.78 is 0.341. The Bertz CT molecular complexity index is 398. The second kappa shape index (κ2) is 4.76. The zero-order valence-corrected chi connectivity index (χ0v) is 10.5. The maximum atomic E-state index is 10.8. The van der Waals surface area contributed by atoms with Gasteiger partial charge >= 0.3 is 0 Å². The van der Waals surface area contributed by atoms with E-state index in [9.17, 15) is 10.1 Å². The Morgan fingerprint density at radius 3 is 2.73 bits per heavy atom. The van der Waals surface area contributed by atoms with Crippen LogP contribution in [0.5, 0.6) is 0 Å². The number of rotatable bonds is 3. The molecule has 5 nitrogen and oxygen atoms in total. The molecule has 82 valence electrons. The number of hydrogen-bond acceptors (Lipinski definition) is 4. The lowest BCUT2D eigenvalue weighted by molar-refractivity contribution is -0.384. The van der Waals surface area contributed by atoms with E-state index in [1.54, 1.807) is 0 Å². The van der Waals surface area contributed by atoms with Crippen LogP contribution in [-0.4, -0.2) is 15.9 Å². The van der Waals surface area contributed by atoms with Crippen LogP contribution in [0.15, 0.2) is 10.7 Å². The van der Waals surface area contributed by atoms with Crippen LogP contribution in [0.1, 0.15) is 13.8 Å². The van der Waals surface area contributed by atoms with Crippen molar-refractivity contribution < 1.29 is 4.92 Å². The Balaban J connectivity index is 3.27. The largest absolute Gasteiger partial charge is 0.375 e. The second-order valence-corrected chi connectivity index (χ2v) is 4.36. The molecule has 7 heteroatoms. The zero-order valence-electron chi connectivity index (χ0n) is 8.12. The average molecular weight is 295 g/mol. The van der Waals surface area contributed by atoms with E-state index in [1.165, 1.54) is 6.07 Å². The Morgan fingerprint density at radius 2 is 2.27 bits per heavy atom. The highest BCUT2D eigenvalue weighted by Crippen LogP contribution is 2.33. The van der Waals surface area contributed by atoms with Crippen molar-refractivity contribution >= 4 is 38.9 Å². The van der Waals surface area contributed by atoms with Crippen molar-refractivity contribution in [3.8, 4) is 0 Å². The molecule has 0 spiro atoms. The van der Waals surface area contributed by atoms with Crippen molar-refractivity contribution in [2.75, 3.05) is 5.32 Å². The van der Waals surface area contributed by atoms with Gasteiger partial charge in [0, 0.05) is 6.04 Å². The normalized spacial score (nSPS) is 10.5. The van der Waals surface area contributed by atoms with Gasteiger partial charge in [0.15, 0.2) is 10.8 Å². The van der Waals surface area contributed by atoms with Crippen molar-refractivity contribution in [1.29, 1.82) is 0 Å². The molecule has 1 aromatic rings. The summed E-state index contributed by atoms with van der Waals surface area (Å²) in [5.74, 6) is 0. The number of nitrogens with zero attached hydrogens (tertiary/aromatic N) is 2. The highest BCUT2D eigenvalue weighted by molar-refractivity contribution is 9.10. The molecule has 0 fully saturated rings. The van der Waals surface area contributed by atoms with E-state index < -0.39 is 4.92 Å². The van der Waals surface area contributed by atoms with Gasteiger partial charge in [0.05, 0.1) is 11.0 Å². The van der Waals surface area contributed by atoms with Gasteiger partial charge in [-0.2, -0.15) is 0 Å². The van der Waals surface area contributed by atoms with Crippen LogP contribution in [-0.2, 0) is 0 Å². The zero-order chi connectivity index (χ0) is 11.6. The number of nitrogens with one attached hydrogen (secondary N) is 1. The summed E-state index contributed by atoms with van der Waals surface area (Å²) >= 11 is 8.87. The Morgan fingerprint density at radius 1 is 1.67 bits per heavy atom. The van der Waals surface area contributed by atoms with Gasteiger partial charge in [-0.1, -0.05) is 11.6 Å². The first kappa shape index (κ1) is 12.2. The summed E-state index contributed by atoms with van der Waals surface area (Å²) in [4.78, 5) is 14.2. The summed E-state index contributed by atoms with van der Waals surface area (Å²) in [6, 6.07) is 1.36. The summed E-state index contributed by atoms with van der Waals surface area (Å²) in [7, 11) is 0. The van der Waals surface area contributed by atoms with E-state index in [1.807, 2.05) is 13.8 Å². The third kappa shape index (κ3) is 3.04. The molecule has 0 aliphatic heterocycles. The van der Waals surface area contributed by atoms with Gasteiger partial charge in [-0.05, 0) is 29.8 Å². The summed E-state index contributed by atoms with van der Waals surface area (Å²) in [6.45, 7) is 3.73. The minimum absolute atomic E-state index is 0.0455. The Hall–Kier alpha value is -0.880. The van der Waals surface area contributed by atoms with Gasteiger partial charge in [0.25, 0.3) is 5.69 Å². The van der Waals surface area contributed by atoms with Crippen LogP contribution in [0.4, 0.5) is 11.4 Å². The van der Waals surface area contributed by atoms with Crippen molar-refractivity contribution in [1.82, 2.24) is 4.98 Å². The fourth-order valence-corrected chi connectivity index (χ4v) is 1.78. The van der Waals surface area contributed by atoms with E-state index in [0.717, 1.165) is 0 Å². The smallest absolute Gasteiger partial charge is 0.298 e. The first-order valence-electron chi connectivity index (χ1n) is 4.18. The van der Waals surface area contributed by atoms with E-state index in [4.69, 9.17) is 11.6 Å². The first-order chi connectivity index (χ1) is 6.91. The quantitative estimate of drug-likeness (QED) is 0.528. The number of nitro groups is 1. The molecule has 1 N–H and O–H groups in total. The molecule has 0 saturated heterocycles. The average Bonchev–Trinajstić information content (AvgIpc) is 2.08. The predicted molar refractivity (Wildman–Crippen MR) is 62.4 cm³/mol. The van der Waals surface area contributed by atoms with E-state index in [0.29, 0.717) is 4.60 Å². The van der Waals surface area contributed by atoms with Crippen molar-refractivity contribution in [3.63, 3.8) is 0 Å². The van der Waals surface area contributed by atoms with Crippen LogP contribution in [0.3, 0.4) is 0 Å². The van der Waals surface area contributed by atoms with Crippen LogP contribution in [0, 0.1) is 10.1 Å². The van der Waals surface area contributed by atoms with E-state index in [-0.39, 0.29) is 22.6 Å². The van der Waals surface area contributed by atoms with Gasteiger partial charge < -0.3 is 5.32 Å². The monoisotopic (exact) mass is 293 g/mol. The lowest BCUT2D eigenvalue weighted by Crippen LogP contribution is -2.12. The third-order valence-corrected chi connectivity index (χ3v) is 2.23. The number of aromatic nitrogens is 1. The Labute approximate surface area is 100 Å². The van der Waals surface area contributed by atoms with Crippen LogP contribution < -0.4 is 5.32 Å². The number of halogens is 2. The molecule has 0 aliphatic rings. The molecule has 15 heavy (non-hydrogen) atoms. The molecule has 1 heterocycles. The van der Waals surface area contributed by atoms with Gasteiger partial charge in [0.1, 0.15) is 4.60 Å². The molecule has 0 bridgehead atoms. The molecule has 1 rings (SSSR count). The minimum atomic E-state index is -0.497. The summed E-state index contributed by atoms with van der Waals surface area (Å²) in [6.07, 6.45) is 0. The van der Waals surface area contributed by atoms with E-state index >= 15 is 0 Å². The van der Waals surface area contributed by atoms with Gasteiger partial charge in [-0.3, -0.25) is 10.1 Å². The molecule has 0 amide bonds. The van der Waals surface area contributed by atoms with Crippen molar-refractivity contribution in [2.24, 2.45) is 0 Å².